The van der Waals surface area contributed by atoms with E-state index >= 15 is 0 Å². The van der Waals surface area contributed by atoms with Gasteiger partial charge in [0.05, 0.1) is 18.3 Å². The van der Waals surface area contributed by atoms with Crippen LogP contribution in [0.25, 0.3) is 0 Å². The molecule has 1 saturated heterocycles. The number of aromatic nitrogens is 1. The van der Waals surface area contributed by atoms with Crippen LogP contribution in [-0.2, 0) is 9.31 Å². The van der Waals surface area contributed by atoms with Crippen molar-refractivity contribution in [1.82, 2.24) is 4.98 Å². The fourth-order valence-corrected chi connectivity index (χ4v) is 2.18. The van der Waals surface area contributed by atoms with Gasteiger partial charge in [-0.3, -0.25) is 0 Å². The first-order chi connectivity index (χ1) is 9.18. The standard InChI is InChI=1S/C15H24BNO3/c1-10(2)12-8-11(9-17-13(12)18-7)16-19-14(3,4)15(5,6)20-16/h8-10H,1-7H3. The Bertz CT molecular complexity index is 484. The Hall–Kier alpha value is -1.07. The third-order valence-corrected chi connectivity index (χ3v) is 4.24. The van der Waals surface area contributed by atoms with E-state index < -0.39 is 0 Å². The lowest BCUT2D eigenvalue weighted by atomic mass is 9.79. The maximum Gasteiger partial charge on any atom is 0.496 e. The molecule has 5 heteroatoms. The van der Waals surface area contributed by atoms with Crippen molar-refractivity contribution in [3.05, 3.63) is 17.8 Å². The van der Waals surface area contributed by atoms with Crippen LogP contribution in [0.1, 0.15) is 53.0 Å². The van der Waals surface area contributed by atoms with Crippen molar-refractivity contribution < 1.29 is 14.0 Å². The van der Waals surface area contributed by atoms with E-state index in [0.717, 1.165) is 11.0 Å². The van der Waals surface area contributed by atoms with Gasteiger partial charge in [0.25, 0.3) is 0 Å². The monoisotopic (exact) mass is 277 g/mol. The zero-order chi connectivity index (χ0) is 15.1. The minimum atomic E-state index is -0.379. The predicted molar refractivity (Wildman–Crippen MR) is 80.6 cm³/mol. The zero-order valence-electron chi connectivity index (χ0n) is 13.5. The summed E-state index contributed by atoms with van der Waals surface area (Å²) < 4.78 is 17.4. The second kappa shape index (κ2) is 5.04. The average molecular weight is 277 g/mol. The highest BCUT2D eigenvalue weighted by Crippen LogP contribution is 2.36. The van der Waals surface area contributed by atoms with E-state index in [1.165, 1.54) is 0 Å². The summed E-state index contributed by atoms with van der Waals surface area (Å²) in [7, 11) is 1.26. The average Bonchev–Trinajstić information content (AvgIpc) is 2.57. The normalized spacial score (nSPS) is 20.5. The van der Waals surface area contributed by atoms with E-state index in [0.29, 0.717) is 11.8 Å². The van der Waals surface area contributed by atoms with Crippen LogP contribution in [-0.4, -0.2) is 30.4 Å². The molecule has 0 saturated carbocycles. The first-order valence-electron chi connectivity index (χ1n) is 7.07. The van der Waals surface area contributed by atoms with Gasteiger partial charge in [-0.2, -0.15) is 0 Å². The van der Waals surface area contributed by atoms with Gasteiger partial charge in [0, 0.05) is 17.2 Å². The second-order valence-electron chi connectivity index (χ2n) is 6.61. The van der Waals surface area contributed by atoms with E-state index in [9.17, 15) is 0 Å². The summed E-state index contributed by atoms with van der Waals surface area (Å²) in [5.41, 5.74) is 1.33. The number of hydrogen-bond acceptors (Lipinski definition) is 4. The molecule has 0 unspecified atom stereocenters. The largest absolute Gasteiger partial charge is 0.496 e. The van der Waals surface area contributed by atoms with Crippen molar-refractivity contribution in [3.8, 4) is 5.88 Å². The summed E-state index contributed by atoms with van der Waals surface area (Å²) >= 11 is 0. The quantitative estimate of drug-likeness (QED) is 0.796. The van der Waals surface area contributed by atoms with E-state index in [1.54, 1.807) is 13.3 Å². The number of ether oxygens (including phenoxy) is 1. The minimum absolute atomic E-state index is 0.333. The van der Waals surface area contributed by atoms with Gasteiger partial charge in [-0.1, -0.05) is 19.9 Å². The summed E-state index contributed by atoms with van der Waals surface area (Å²) in [4.78, 5) is 4.38. The van der Waals surface area contributed by atoms with Crippen molar-refractivity contribution in [2.45, 2.75) is 58.7 Å². The first kappa shape index (κ1) is 15.3. The van der Waals surface area contributed by atoms with Crippen LogP contribution in [0.5, 0.6) is 5.88 Å². The molecule has 1 aliphatic heterocycles. The van der Waals surface area contributed by atoms with Crippen molar-refractivity contribution in [2.75, 3.05) is 7.11 Å². The van der Waals surface area contributed by atoms with Crippen LogP contribution in [0.3, 0.4) is 0 Å². The Balaban J connectivity index is 2.34. The van der Waals surface area contributed by atoms with Crippen molar-refractivity contribution >= 4 is 12.6 Å². The molecule has 0 atom stereocenters. The highest BCUT2D eigenvalue weighted by molar-refractivity contribution is 6.62. The van der Waals surface area contributed by atoms with Crippen LogP contribution in [0.15, 0.2) is 12.3 Å². The molecule has 1 aromatic heterocycles. The molecule has 0 bridgehead atoms. The lowest BCUT2D eigenvalue weighted by molar-refractivity contribution is 0.00578. The Morgan fingerprint density at radius 2 is 1.70 bits per heavy atom. The lowest BCUT2D eigenvalue weighted by Gasteiger charge is -2.32. The lowest BCUT2D eigenvalue weighted by Crippen LogP contribution is -2.41. The Labute approximate surface area is 122 Å². The Morgan fingerprint density at radius 3 is 2.15 bits per heavy atom. The Kier molecular flexibility index (Phi) is 3.86. The molecule has 1 aromatic rings. The van der Waals surface area contributed by atoms with Gasteiger partial charge in [-0.05, 0) is 33.6 Å². The molecule has 0 spiro atoms. The van der Waals surface area contributed by atoms with Crippen LogP contribution >= 0.6 is 0 Å². The number of hydrogen-bond donors (Lipinski definition) is 0. The van der Waals surface area contributed by atoms with Crippen LogP contribution in [0.2, 0.25) is 0 Å². The van der Waals surface area contributed by atoms with Gasteiger partial charge in [-0.25, -0.2) is 4.98 Å². The van der Waals surface area contributed by atoms with Crippen molar-refractivity contribution in [2.24, 2.45) is 0 Å². The second-order valence-corrected chi connectivity index (χ2v) is 6.61. The maximum absolute atomic E-state index is 6.06. The van der Waals surface area contributed by atoms with Crippen molar-refractivity contribution in [1.29, 1.82) is 0 Å². The van der Waals surface area contributed by atoms with E-state index in [2.05, 4.69) is 24.9 Å². The molecule has 110 valence electrons. The number of pyridine rings is 1. The molecule has 0 N–H and O–H groups in total. The SMILES string of the molecule is COc1ncc(B2OC(C)(C)C(C)(C)O2)cc1C(C)C. The summed E-state index contributed by atoms with van der Waals surface area (Å²) in [6.45, 7) is 12.4. The van der Waals surface area contributed by atoms with Gasteiger partial charge >= 0.3 is 7.12 Å². The summed E-state index contributed by atoms with van der Waals surface area (Å²) in [5, 5.41) is 0. The van der Waals surface area contributed by atoms with Gasteiger partial charge in [-0.15, -0.1) is 0 Å². The summed E-state index contributed by atoms with van der Waals surface area (Å²) in [6, 6.07) is 2.07. The molecule has 0 aliphatic carbocycles. The molecular weight excluding hydrogens is 253 g/mol. The molecule has 1 fully saturated rings. The van der Waals surface area contributed by atoms with E-state index in [1.807, 2.05) is 27.7 Å². The van der Waals surface area contributed by atoms with E-state index in [4.69, 9.17) is 14.0 Å². The minimum Gasteiger partial charge on any atom is -0.481 e. The number of nitrogens with zero attached hydrogens (tertiary/aromatic N) is 1. The zero-order valence-corrected chi connectivity index (χ0v) is 13.5. The molecule has 0 aromatic carbocycles. The predicted octanol–water partition coefficient (Wildman–Crippen LogP) is 2.51. The fourth-order valence-electron chi connectivity index (χ4n) is 2.18. The molecule has 0 radical (unpaired) electrons. The van der Waals surface area contributed by atoms with Crippen LogP contribution in [0, 0.1) is 0 Å². The molecule has 4 nitrogen and oxygen atoms in total. The van der Waals surface area contributed by atoms with Gasteiger partial charge < -0.3 is 14.0 Å². The highest BCUT2D eigenvalue weighted by atomic mass is 16.7. The fraction of sp³-hybridized carbons (Fsp3) is 0.667. The first-order valence-corrected chi connectivity index (χ1v) is 7.07. The third-order valence-electron chi connectivity index (χ3n) is 4.24. The van der Waals surface area contributed by atoms with Crippen LogP contribution < -0.4 is 10.2 Å². The molecule has 0 amide bonds. The van der Waals surface area contributed by atoms with Crippen molar-refractivity contribution in [3.63, 3.8) is 0 Å². The topological polar surface area (TPSA) is 40.6 Å². The third kappa shape index (κ3) is 2.57. The van der Waals surface area contributed by atoms with Gasteiger partial charge in [0.2, 0.25) is 5.88 Å². The smallest absolute Gasteiger partial charge is 0.481 e. The summed E-state index contributed by atoms with van der Waals surface area (Å²) in [6.07, 6.45) is 1.77. The molecular formula is C15H24BNO3. The molecule has 1 aliphatic rings. The highest BCUT2D eigenvalue weighted by Gasteiger charge is 2.51. The Morgan fingerprint density at radius 1 is 1.15 bits per heavy atom. The molecule has 2 rings (SSSR count). The number of methoxy groups -OCH3 is 1. The number of rotatable bonds is 3. The van der Waals surface area contributed by atoms with Gasteiger partial charge in [0.15, 0.2) is 0 Å². The molecule has 2 heterocycles. The van der Waals surface area contributed by atoms with Crippen LogP contribution in [0.4, 0.5) is 0 Å². The maximum atomic E-state index is 6.06. The molecule has 20 heavy (non-hydrogen) atoms. The van der Waals surface area contributed by atoms with Gasteiger partial charge in [0.1, 0.15) is 0 Å². The van der Waals surface area contributed by atoms with E-state index in [-0.39, 0.29) is 18.3 Å². The summed E-state index contributed by atoms with van der Waals surface area (Å²) in [5.74, 6) is 1.00.